The van der Waals surface area contributed by atoms with Gasteiger partial charge in [-0.25, -0.2) is 4.79 Å². The highest BCUT2D eigenvalue weighted by Gasteiger charge is 2.45. The van der Waals surface area contributed by atoms with Crippen LogP contribution in [0.3, 0.4) is 0 Å². The number of amides is 2. The Hall–Kier alpha value is -4.76. The molecule has 6 nitrogen and oxygen atoms in total. The summed E-state index contributed by atoms with van der Waals surface area (Å²) in [6.45, 7) is 5.71. The first-order valence-electron chi connectivity index (χ1n) is 14.9. The minimum Gasteiger partial charge on any atom is -0.369 e. The molecule has 1 fully saturated rings. The summed E-state index contributed by atoms with van der Waals surface area (Å²) < 4.78 is 42.1. The standard InChI is InChI=1S/C36H33F3N4O2/c1-24-10-12-25(13-11-24)23-43-33(26-14-16-27(17-15-26)36(37,38)39)32(30-8-3-4-9-31(30)35(43)45)34(44)40-28-6-5-7-29(22-28)42-20-18-41(2)19-21-42/h3-17,22,32H,18-21,23H2,1-2H3/p+1/t32-/m0/s1. The Labute approximate surface area is 260 Å². The van der Waals surface area contributed by atoms with E-state index in [1.807, 2.05) is 55.5 Å². The van der Waals surface area contributed by atoms with Crippen molar-refractivity contribution in [2.75, 3.05) is 43.4 Å². The van der Waals surface area contributed by atoms with Gasteiger partial charge in [0, 0.05) is 48.7 Å². The second-order valence-electron chi connectivity index (χ2n) is 11.7. The third kappa shape index (κ3) is 6.40. The molecule has 0 spiro atoms. The normalized spacial score (nSPS) is 17.3. The first kappa shape index (κ1) is 30.3. The van der Waals surface area contributed by atoms with Crippen LogP contribution in [0.4, 0.5) is 24.5 Å². The van der Waals surface area contributed by atoms with Gasteiger partial charge in [-0.05, 0) is 68.1 Å². The van der Waals surface area contributed by atoms with Crippen molar-refractivity contribution < 1.29 is 27.3 Å². The maximum Gasteiger partial charge on any atom is 0.420 e. The molecule has 0 bridgehead atoms. The number of hydrogen-bond acceptors (Lipinski definition) is 4. The predicted octanol–water partition coefficient (Wildman–Crippen LogP) is 6.34. The van der Waals surface area contributed by atoms with E-state index in [-0.39, 0.29) is 18.4 Å². The number of benzene rings is 4. The summed E-state index contributed by atoms with van der Waals surface area (Å²) in [7, 11) is 2.09. The first-order valence-corrected chi connectivity index (χ1v) is 14.9. The van der Waals surface area contributed by atoms with Gasteiger partial charge in [0.2, 0.25) is 11.6 Å². The van der Waals surface area contributed by atoms with Crippen LogP contribution < -0.4 is 10.2 Å². The lowest BCUT2D eigenvalue weighted by Crippen LogP contribution is -2.44. The molecule has 2 amide bonds. The molecule has 4 aromatic rings. The molecule has 2 aliphatic rings. The Kier molecular flexibility index (Phi) is 8.29. The lowest BCUT2D eigenvalue weighted by Gasteiger charge is -2.34. The Morgan fingerprint density at radius 3 is 2.27 bits per heavy atom. The number of anilines is 2. The molecule has 2 heterocycles. The predicted molar refractivity (Wildman–Crippen MR) is 169 cm³/mol. The number of nitrogens with one attached hydrogen (secondary N) is 1. The van der Waals surface area contributed by atoms with Crippen molar-refractivity contribution in [1.29, 1.82) is 0 Å². The fourth-order valence-electron chi connectivity index (χ4n) is 6.01. The van der Waals surface area contributed by atoms with E-state index in [0.29, 0.717) is 28.1 Å². The van der Waals surface area contributed by atoms with Gasteiger partial charge in [-0.3, -0.25) is 4.79 Å². The molecule has 9 heteroatoms. The van der Waals surface area contributed by atoms with Crippen molar-refractivity contribution in [1.82, 2.24) is 4.90 Å². The van der Waals surface area contributed by atoms with Crippen LogP contribution >= 0.6 is 0 Å². The van der Waals surface area contributed by atoms with Crippen molar-refractivity contribution in [2.45, 2.75) is 25.6 Å². The highest BCUT2D eigenvalue weighted by atomic mass is 19.4. The number of hydrogen-bond donors (Lipinski definition) is 1. The van der Waals surface area contributed by atoms with Crippen LogP contribution in [0.5, 0.6) is 0 Å². The molecule has 4 aromatic carbocycles. The number of carbonyl (C=O) groups is 2. The zero-order valence-electron chi connectivity index (χ0n) is 25.1. The van der Waals surface area contributed by atoms with Crippen LogP contribution in [0.2, 0.25) is 0 Å². The molecule has 230 valence electrons. The van der Waals surface area contributed by atoms with Gasteiger partial charge in [-0.2, -0.15) is 17.7 Å². The summed E-state index contributed by atoms with van der Waals surface area (Å²) in [6, 6.07) is 27.0. The van der Waals surface area contributed by atoms with Gasteiger partial charge in [0.25, 0.3) is 0 Å². The molecular formula is C36H34F3N4O2+. The molecule has 45 heavy (non-hydrogen) atoms. The lowest BCUT2D eigenvalue weighted by molar-refractivity contribution is -0.447. The van der Waals surface area contributed by atoms with Crippen molar-refractivity contribution in [3.8, 4) is 0 Å². The first-order chi connectivity index (χ1) is 21.6. The van der Waals surface area contributed by atoms with Crippen molar-refractivity contribution >= 4 is 28.9 Å². The topological polar surface area (TPSA) is 55.7 Å². The number of fused-ring (bicyclic) bond motifs is 1. The Balaban J connectivity index is 1.44. The van der Waals surface area contributed by atoms with Crippen molar-refractivity contribution in [2.24, 2.45) is 0 Å². The van der Waals surface area contributed by atoms with E-state index in [0.717, 1.165) is 55.1 Å². The number of carbonyl (C=O) groups excluding carboxylic acids is 2. The smallest absolute Gasteiger partial charge is 0.369 e. The molecule has 0 aromatic heterocycles. The van der Waals surface area contributed by atoms with Crippen LogP contribution in [0, 0.1) is 6.92 Å². The Morgan fingerprint density at radius 1 is 0.889 bits per heavy atom. The molecule has 0 saturated carbocycles. The molecule has 0 aliphatic carbocycles. The number of halogens is 3. The van der Waals surface area contributed by atoms with Crippen LogP contribution in [0.15, 0.2) is 97.1 Å². The molecule has 1 N–H and O–H groups in total. The third-order valence-electron chi connectivity index (χ3n) is 8.53. The summed E-state index contributed by atoms with van der Waals surface area (Å²) in [6.07, 6.45) is -4.52. The van der Waals surface area contributed by atoms with Crippen LogP contribution in [0.25, 0.3) is 0 Å². The molecular weight excluding hydrogens is 577 g/mol. The maximum atomic E-state index is 14.3. The summed E-state index contributed by atoms with van der Waals surface area (Å²) in [5.74, 6) is -1.66. The molecule has 0 unspecified atom stereocenters. The number of alkyl halides is 3. The number of rotatable bonds is 6. The molecule has 1 atom stereocenters. The summed E-state index contributed by atoms with van der Waals surface area (Å²) in [5, 5.41) is 3.07. The third-order valence-corrected chi connectivity index (χ3v) is 8.53. The van der Waals surface area contributed by atoms with Crippen molar-refractivity contribution in [3.05, 3.63) is 130 Å². The number of aryl methyl sites for hydroxylation is 1. The largest absolute Gasteiger partial charge is 0.420 e. The average molecular weight is 612 g/mol. The molecule has 0 radical (unpaired) electrons. The fourth-order valence-corrected chi connectivity index (χ4v) is 6.01. The van der Waals surface area contributed by atoms with Gasteiger partial charge in [-0.15, -0.1) is 0 Å². The minimum absolute atomic E-state index is 0.145. The Morgan fingerprint density at radius 2 is 1.58 bits per heavy atom. The van der Waals surface area contributed by atoms with E-state index in [9.17, 15) is 22.8 Å². The van der Waals surface area contributed by atoms with Gasteiger partial charge >= 0.3 is 12.1 Å². The Bertz CT molecular complexity index is 1760. The van der Waals surface area contributed by atoms with Crippen LogP contribution in [-0.4, -0.2) is 60.2 Å². The quantitative estimate of drug-likeness (QED) is 0.259. The SMILES string of the molecule is Cc1ccc(C[N+]2=C(c3ccc(C(F)(F)F)cc3)[C@@H](C(=O)Nc3cccc(N4CCN(C)CC4)c3)c3ccccc3C2=O)cc1. The summed E-state index contributed by atoms with van der Waals surface area (Å²) in [4.78, 5) is 32.9. The van der Waals surface area contributed by atoms with Crippen LogP contribution in [0.1, 0.15) is 44.1 Å². The van der Waals surface area contributed by atoms with E-state index in [4.69, 9.17) is 0 Å². The van der Waals surface area contributed by atoms with E-state index in [2.05, 4.69) is 22.2 Å². The monoisotopic (exact) mass is 611 g/mol. The van der Waals surface area contributed by atoms with E-state index >= 15 is 0 Å². The highest BCUT2D eigenvalue weighted by Crippen LogP contribution is 2.34. The van der Waals surface area contributed by atoms with Gasteiger partial charge < -0.3 is 15.1 Å². The second kappa shape index (κ2) is 12.3. The summed E-state index contributed by atoms with van der Waals surface area (Å²) >= 11 is 0. The molecule has 1 saturated heterocycles. The second-order valence-corrected chi connectivity index (χ2v) is 11.7. The van der Waals surface area contributed by atoms with E-state index < -0.39 is 17.7 Å². The zero-order chi connectivity index (χ0) is 31.7. The van der Waals surface area contributed by atoms with Crippen molar-refractivity contribution in [3.63, 3.8) is 0 Å². The molecule has 6 rings (SSSR count). The summed E-state index contributed by atoms with van der Waals surface area (Å²) in [5.41, 5.74) is 4.26. The lowest BCUT2D eigenvalue weighted by atomic mass is 9.82. The fraction of sp³-hybridized carbons (Fsp3) is 0.250. The number of likely N-dealkylation sites (N-methyl/N-ethyl adjacent to an activating group) is 1. The van der Waals surface area contributed by atoms with Gasteiger partial charge in [0.1, 0.15) is 5.92 Å². The molecule has 2 aliphatic heterocycles. The number of nitrogens with zero attached hydrogens (tertiary/aromatic N) is 3. The minimum atomic E-state index is -4.52. The van der Waals surface area contributed by atoms with Gasteiger partial charge in [0.05, 0.1) is 11.1 Å². The zero-order valence-corrected chi connectivity index (χ0v) is 25.1. The van der Waals surface area contributed by atoms with Crippen LogP contribution in [-0.2, 0) is 17.5 Å². The van der Waals surface area contributed by atoms with Gasteiger partial charge in [0.15, 0.2) is 6.54 Å². The van der Waals surface area contributed by atoms with E-state index in [1.54, 1.807) is 24.3 Å². The highest BCUT2D eigenvalue weighted by molar-refractivity contribution is 6.22. The average Bonchev–Trinajstić information content (AvgIpc) is 3.03. The van der Waals surface area contributed by atoms with E-state index in [1.165, 1.54) is 16.7 Å². The maximum absolute atomic E-state index is 14.3. The number of piperazine rings is 1. The van der Waals surface area contributed by atoms with Gasteiger partial charge in [-0.1, -0.05) is 54.1 Å².